The molecule has 0 saturated carbocycles. The number of benzene rings is 1. The molecule has 1 aromatic heterocycles. The summed E-state index contributed by atoms with van der Waals surface area (Å²) in [5.41, 5.74) is 5.75. The van der Waals surface area contributed by atoms with Crippen molar-refractivity contribution in [1.29, 1.82) is 0 Å². The van der Waals surface area contributed by atoms with Gasteiger partial charge in [0.05, 0.1) is 11.3 Å². The van der Waals surface area contributed by atoms with Crippen molar-refractivity contribution in [2.75, 3.05) is 5.73 Å². The lowest BCUT2D eigenvalue weighted by Gasteiger charge is -2.07. The number of aromatic carboxylic acids is 1. The number of aromatic nitrogens is 1. The Kier molecular flexibility index (Phi) is 3.53. The normalized spacial score (nSPS) is 10.6. The minimum atomic E-state index is -1.25. The molecule has 0 atom stereocenters. The fourth-order valence-electron chi connectivity index (χ4n) is 1.35. The zero-order valence-electron chi connectivity index (χ0n) is 9.31. The summed E-state index contributed by atoms with van der Waals surface area (Å²) in [5, 5.41) is 10.9. The monoisotopic (exact) mass is 284 g/mol. The fourth-order valence-corrected chi connectivity index (χ4v) is 3.29. The van der Waals surface area contributed by atoms with Gasteiger partial charge in [0, 0.05) is 16.0 Å². The molecule has 0 spiro atoms. The van der Waals surface area contributed by atoms with Crippen LogP contribution in [0.15, 0.2) is 26.7 Å². The molecule has 2 aromatic rings. The predicted molar refractivity (Wildman–Crippen MR) is 68.7 cm³/mol. The molecule has 3 N–H and O–H groups in total. The van der Waals surface area contributed by atoms with Crippen molar-refractivity contribution >= 4 is 34.8 Å². The number of nitrogens with zero attached hydrogens (tertiary/aromatic N) is 1. The Morgan fingerprint density at radius 2 is 2.28 bits per heavy atom. The van der Waals surface area contributed by atoms with Crippen LogP contribution in [0.5, 0.6) is 0 Å². The molecule has 0 fully saturated rings. The number of hydrogen-bond donors (Lipinski definition) is 2. The van der Waals surface area contributed by atoms with Gasteiger partial charge in [-0.2, -0.15) is 0 Å². The first-order valence-corrected chi connectivity index (χ1v) is 6.60. The molecule has 0 radical (unpaired) electrons. The topological polar surface area (TPSA) is 76.2 Å². The average Bonchev–Trinajstić information content (AvgIpc) is 2.69. The number of rotatable bonds is 3. The Labute approximate surface area is 111 Å². The molecule has 0 aliphatic carbocycles. The van der Waals surface area contributed by atoms with E-state index in [-0.39, 0.29) is 11.3 Å². The van der Waals surface area contributed by atoms with Crippen molar-refractivity contribution in [3.8, 4) is 0 Å². The maximum Gasteiger partial charge on any atom is 0.339 e. The molecule has 1 aromatic carbocycles. The summed E-state index contributed by atoms with van der Waals surface area (Å²) < 4.78 is 13.9. The zero-order chi connectivity index (χ0) is 13.3. The van der Waals surface area contributed by atoms with Gasteiger partial charge in [0.25, 0.3) is 0 Å². The Morgan fingerprint density at radius 3 is 2.83 bits per heavy atom. The van der Waals surface area contributed by atoms with Gasteiger partial charge in [-0.05, 0) is 19.1 Å². The average molecular weight is 284 g/mol. The number of thiazole rings is 1. The first-order valence-electron chi connectivity index (χ1n) is 4.90. The lowest BCUT2D eigenvalue weighted by atomic mass is 10.2. The molecule has 18 heavy (non-hydrogen) atoms. The van der Waals surface area contributed by atoms with Crippen molar-refractivity contribution in [3.63, 3.8) is 0 Å². The predicted octanol–water partition coefficient (Wildman–Crippen LogP) is 3.02. The first kappa shape index (κ1) is 12.8. The third kappa shape index (κ3) is 2.46. The quantitative estimate of drug-likeness (QED) is 0.847. The van der Waals surface area contributed by atoms with Gasteiger partial charge in [-0.1, -0.05) is 11.8 Å². The van der Waals surface area contributed by atoms with Crippen LogP contribution in [-0.4, -0.2) is 16.1 Å². The third-order valence-electron chi connectivity index (χ3n) is 2.16. The van der Waals surface area contributed by atoms with Crippen LogP contribution in [0.2, 0.25) is 0 Å². The molecule has 0 amide bonds. The fraction of sp³-hybridized carbons (Fsp3) is 0.0909. The number of carboxylic acids is 1. The number of nitrogens with two attached hydrogens (primary N) is 1. The minimum Gasteiger partial charge on any atom is -0.478 e. The van der Waals surface area contributed by atoms with E-state index in [1.54, 1.807) is 0 Å². The lowest BCUT2D eigenvalue weighted by Crippen LogP contribution is -2.06. The SMILES string of the molecule is Cc1csc(Sc2ccc(F)c(N)c2C(=O)O)n1. The second-order valence-corrected chi connectivity index (χ2v) is 5.64. The second-order valence-electron chi connectivity index (χ2n) is 3.50. The van der Waals surface area contributed by atoms with Crippen LogP contribution in [0.3, 0.4) is 0 Å². The summed E-state index contributed by atoms with van der Waals surface area (Å²) in [6.07, 6.45) is 0. The maximum absolute atomic E-state index is 13.3. The standard InChI is InChI=1S/C11H9FN2O2S2/c1-5-4-17-11(14-5)18-7-3-2-6(12)9(13)8(7)10(15)16/h2-4H,13H2,1H3,(H,15,16). The zero-order valence-corrected chi connectivity index (χ0v) is 10.9. The highest BCUT2D eigenvalue weighted by Crippen LogP contribution is 2.35. The van der Waals surface area contributed by atoms with Gasteiger partial charge >= 0.3 is 5.97 Å². The summed E-state index contributed by atoms with van der Waals surface area (Å²) >= 11 is 2.57. The van der Waals surface area contributed by atoms with E-state index in [2.05, 4.69) is 4.98 Å². The molecular formula is C11H9FN2O2S2. The van der Waals surface area contributed by atoms with Gasteiger partial charge in [0.2, 0.25) is 0 Å². The van der Waals surface area contributed by atoms with Crippen LogP contribution >= 0.6 is 23.1 Å². The summed E-state index contributed by atoms with van der Waals surface area (Å²) in [5.74, 6) is -1.98. The number of carbonyl (C=O) groups is 1. The number of halogens is 1. The summed E-state index contributed by atoms with van der Waals surface area (Å²) in [6, 6.07) is 2.56. The Bertz CT molecular complexity index is 613. The molecule has 0 saturated heterocycles. The first-order chi connectivity index (χ1) is 8.49. The molecule has 1 heterocycles. The van der Waals surface area contributed by atoms with Gasteiger partial charge in [0.15, 0.2) is 4.34 Å². The van der Waals surface area contributed by atoms with Gasteiger partial charge in [-0.25, -0.2) is 14.2 Å². The van der Waals surface area contributed by atoms with E-state index in [4.69, 9.17) is 10.8 Å². The van der Waals surface area contributed by atoms with Crippen molar-refractivity contribution in [1.82, 2.24) is 4.98 Å². The number of anilines is 1. The van der Waals surface area contributed by atoms with Crippen LogP contribution in [0, 0.1) is 12.7 Å². The lowest BCUT2D eigenvalue weighted by molar-refractivity contribution is 0.0694. The van der Waals surface area contributed by atoms with Crippen LogP contribution in [0.4, 0.5) is 10.1 Å². The van der Waals surface area contributed by atoms with Crippen molar-refractivity contribution < 1.29 is 14.3 Å². The summed E-state index contributed by atoms with van der Waals surface area (Å²) in [7, 11) is 0. The number of aryl methyl sites for hydroxylation is 1. The summed E-state index contributed by atoms with van der Waals surface area (Å²) in [6.45, 7) is 1.84. The van der Waals surface area contributed by atoms with Crippen LogP contribution in [-0.2, 0) is 0 Å². The number of nitrogen functional groups attached to an aromatic ring is 1. The van der Waals surface area contributed by atoms with E-state index < -0.39 is 11.8 Å². The molecule has 0 bridgehead atoms. The minimum absolute atomic E-state index is 0.215. The molecule has 0 unspecified atom stereocenters. The highest BCUT2D eigenvalue weighted by molar-refractivity contribution is 8.01. The summed E-state index contributed by atoms with van der Waals surface area (Å²) in [4.78, 5) is 15.7. The van der Waals surface area contributed by atoms with Gasteiger partial charge < -0.3 is 10.8 Å². The highest BCUT2D eigenvalue weighted by atomic mass is 32.2. The molecule has 2 rings (SSSR count). The molecule has 0 aliphatic rings. The smallest absolute Gasteiger partial charge is 0.339 e. The van der Waals surface area contributed by atoms with E-state index in [1.807, 2.05) is 12.3 Å². The van der Waals surface area contributed by atoms with E-state index in [9.17, 15) is 9.18 Å². The van der Waals surface area contributed by atoms with Crippen molar-refractivity contribution in [2.24, 2.45) is 0 Å². The van der Waals surface area contributed by atoms with Gasteiger partial charge in [-0.15, -0.1) is 11.3 Å². The Morgan fingerprint density at radius 1 is 1.56 bits per heavy atom. The van der Waals surface area contributed by atoms with Crippen LogP contribution in [0.25, 0.3) is 0 Å². The highest BCUT2D eigenvalue weighted by Gasteiger charge is 2.19. The van der Waals surface area contributed by atoms with E-state index in [1.165, 1.54) is 29.2 Å². The second kappa shape index (κ2) is 4.95. The van der Waals surface area contributed by atoms with Crippen molar-refractivity contribution in [3.05, 3.63) is 34.6 Å². The molecular weight excluding hydrogens is 275 g/mol. The van der Waals surface area contributed by atoms with E-state index >= 15 is 0 Å². The number of hydrogen-bond acceptors (Lipinski definition) is 5. The Balaban J connectivity index is 2.44. The van der Waals surface area contributed by atoms with Gasteiger partial charge in [-0.3, -0.25) is 0 Å². The van der Waals surface area contributed by atoms with Crippen molar-refractivity contribution in [2.45, 2.75) is 16.2 Å². The third-order valence-corrected chi connectivity index (χ3v) is 4.28. The maximum atomic E-state index is 13.3. The van der Waals surface area contributed by atoms with Gasteiger partial charge in [0.1, 0.15) is 5.82 Å². The molecule has 0 aliphatic heterocycles. The van der Waals surface area contributed by atoms with Crippen LogP contribution < -0.4 is 5.73 Å². The van der Waals surface area contributed by atoms with E-state index in [0.717, 1.165) is 11.8 Å². The van der Waals surface area contributed by atoms with Crippen LogP contribution in [0.1, 0.15) is 16.1 Å². The largest absolute Gasteiger partial charge is 0.478 e. The number of carboxylic acid groups (broad SMARTS) is 1. The molecule has 7 heteroatoms. The molecule has 94 valence electrons. The molecule has 4 nitrogen and oxygen atoms in total. The van der Waals surface area contributed by atoms with E-state index in [0.29, 0.717) is 9.24 Å². The Hall–Kier alpha value is -1.60.